The smallest absolute Gasteiger partial charge is 0.0877 e. The number of hydrogen-bond donors (Lipinski definition) is 1. The summed E-state index contributed by atoms with van der Waals surface area (Å²) in [4.78, 5) is 0. The molecule has 0 amide bonds. The topological polar surface area (TPSA) is 20.2 Å². The fourth-order valence-electron chi connectivity index (χ4n) is 1.38. The number of hydrogen-bond acceptors (Lipinski definition) is 1. The molecule has 0 aliphatic heterocycles. The van der Waals surface area contributed by atoms with Gasteiger partial charge in [-0.05, 0) is 60.6 Å². The highest BCUT2D eigenvalue weighted by molar-refractivity contribution is 14.1. The van der Waals surface area contributed by atoms with Crippen LogP contribution in [0.1, 0.15) is 32.3 Å². The molecule has 0 aromatic heterocycles. The van der Waals surface area contributed by atoms with E-state index in [0.717, 1.165) is 12.0 Å². The summed E-state index contributed by atoms with van der Waals surface area (Å²) >= 11 is 2.26. The maximum Gasteiger partial charge on any atom is 0.0877 e. The standard InChI is InChI=1S/C13H15IO/c1-3-4-5-10-13(2,15)11-6-8-12(14)9-7-11/h6-9,15H,5,10H2,1-2H3. The van der Waals surface area contributed by atoms with E-state index in [1.807, 2.05) is 38.1 Å². The quantitative estimate of drug-likeness (QED) is 0.670. The molecule has 1 aromatic carbocycles. The van der Waals surface area contributed by atoms with Crippen molar-refractivity contribution in [2.75, 3.05) is 0 Å². The molecule has 0 fully saturated rings. The average Bonchev–Trinajstić information content (AvgIpc) is 2.18. The molecule has 0 saturated carbocycles. The zero-order valence-corrected chi connectivity index (χ0v) is 11.2. The molecule has 0 radical (unpaired) electrons. The summed E-state index contributed by atoms with van der Waals surface area (Å²) < 4.78 is 1.18. The van der Waals surface area contributed by atoms with E-state index < -0.39 is 5.60 Å². The molecular weight excluding hydrogens is 299 g/mol. The van der Waals surface area contributed by atoms with Crippen LogP contribution < -0.4 is 0 Å². The molecule has 2 heteroatoms. The van der Waals surface area contributed by atoms with Gasteiger partial charge in [-0.25, -0.2) is 0 Å². The lowest BCUT2D eigenvalue weighted by Crippen LogP contribution is -2.20. The Hall–Kier alpha value is -0.530. The Morgan fingerprint density at radius 3 is 2.47 bits per heavy atom. The van der Waals surface area contributed by atoms with Crippen molar-refractivity contribution in [2.45, 2.75) is 32.3 Å². The molecule has 1 nitrogen and oxygen atoms in total. The fourth-order valence-corrected chi connectivity index (χ4v) is 1.74. The molecule has 0 saturated heterocycles. The molecule has 0 bridgehead atoms. The van der Waals surface area contributed by atoms with Crippen LogP contribution in [0.15, 0.2) is 24.3 Å². The van der Waals surface area contributed by atoms with Crippen molar-refractivity contribution in [2.24, 2.45) is 0 Å². The molecule has 0 heterocycles. The minimum atomic E-state index is -0.770. The first-order valence-corrected chi connectivity index (χ1v) is 6.02. The number of aliphatic hydroxyl groups is 1. The highest BCUT2D eigenvalue weighted by Gasteiger charge is 2.21. The minimum Gasteiger partial charge on any atom is -0.385 e. The molecular formula is C13H15IO. The van der Waals surface area contributed by atoms with Gasteiger partial charge in [0.15, 0.2) is 0 Å². The molecule has 0 spiro atoms. The molecule has 0 aliphatic rings. The van der Waals surface area contributed by atoms with E-state index in [4.69, 9.17) is 0 Å². The van der Waals surface area contributed by atoms with Crippen LogP contribution in [0.3, 0.4) is 0 Å². The molecule has 1 rings (SSSR count). The van der Waals surface area contributed by atoms with E-state index in [1.165, 1.54) is 3.57 Å². The summed E-state index contributed by atoms with van der Waals surface area (Å²) in [5.41, 5.74) is 0.189. The van der Waals surface area contributed by atoms with Gasteiger partial charge in [0.05, 0.1) is 5.60 Å². The Kier molecular flexibility index (Phi) is 4.62. The molecule has 80 valence electrons. The van der Waals surface area contributed by atoms with Crippen molar-refractivity contribution in [3.63, 3.8) is 0 Å². The SMILES string of the molecule is CC#CCCC(C)(O)c1ccc(I)cc1. The zero-order valence-electron chi connectivity index (χ0n) is 9.05. The Balaban J connectivity index is 2.74. The maximum atomic E-state index is 10.2. The lowest BCUT2D eigenvalue weighted by Gasteiger charge is -2.22. The van der Waals surface area contributed by atoms with Crippen LogP contribution in [0.4, 0.5) is 0 Å². The molecule has 1 aromatic rings. The van der Waals surface area contributed by atoms with Crippen LogP contribution in [-0.4, -0.2) is 5.11 Å². The zero-order chi connectivity index (χ0) is 11.3. The van der Waals surface area contributed by atoms with Crippen molar-refractivity contribution in [1.82, 2.24) is 0 Å². The Labute approximate surface area is 105 Å². The van der Waals surface area contributed by atoms with Crippen molar-refractivity contribution < 1.29 is 5.11 Å². The number of halogens is 1. The van der Waals surface area contributed by atoms with Crippen LogP contribution in [-0.2, 0) is 5.60 Å². The molecule has 1 atom stereocenters. The Bertz CT molecular complexity index is 368. The van der Waals surface area contributed by atoms with Gasteiger partial charge in [-0.15, -0.1) is 11.8 Å². The summed E-state index contributed by atoms with van der Waals surface area (Å²) in [7, 11) is 0. The van der Waals surface area contributed by atoms with E-state index >= 15 is 0 Å². The van der Waals surface area contributed by atoms with Gasteiger partial charge in [-0.1, -0.05) is 12.1 Å². The first kappa shape index (κ1) is 12.5. The Morgan fingerprint density at radius 2 is 1.93 bits per heavy atom. The van der Waals surface area contributed by atoms with Gasteiger partial charge < -0.3 is 5.11 Å². The minimum absolute atomic E-state index is 0.675. The van der Waals surface area contributed by atoms with Crippen molar-refractivity contribution in [3.05, 3.63) is 33.4 Å². The maximum absolute atomic E-state index is 10.2. The summed E-state index contributed by atoms with van der Waals surface area (Å²) in [5.74, 6) is 5.81. The summed E-state index contributed by atoms with van der Waals surface area (Å²) in [6.45, 7) is 3.66. The first-order valence-electron chi connectivity index (χ1n) is 4.94. The molecule has 0 aliphatic carbocycles. The second kappa shape index (κ2) is 5.53. The second-order valence-electron chi connectivity index (χ2n) is 3.71. The molecule has 1 N–H and O–H groups in total. The van der Waals surface area contributed by atoms with E-state index in [-0.39, 0.29) is 0 Å². The average molecular weight is 314 g/mol. The van der Waals surface area contributed by atoms with Gasteiger partial charge in [-0.3, -0.25) is 0 Å². The lowest BCUT2D eigenvalue weighted by atomic mass is 9.91. The van der Waals surface area contributed by atoms with Crippen LogP contribution in [0.25, 0.3) is 0 Å². The fraction of sp³-hybridized carbons (Fsp3) is 0.385. The molecule has 1 unspecified atom stereocenters. The van der Waals surface area contributed by atoms with Crippen molar-refractivity contribution in [3.8, 4) is 11.8 Å². The third-order valence-corrected chi connectivity index (χ3v) is 3.10. The van der Waals surface area contributed by atoms with Gasteiger partial charge >= 0.3 is 0 Å². The van der Waals surface area contributed by atoms with Crippen LogP contribution in [0, 0.1) is 15.4 Å². The van der Waals surface area contributed by atoms with Gasteiger partial charge in [0.1, 0.15) is 0 Å². The first-order chi connectivity index (χ1) is 7.06. The van der Waals surface area contributed by atoms with E-state index in [0.29, 0.717) is 6.42 Å². The van der Waals surface area contributed by atoms with Gasteiger partial charge in [0.2, 0.25) is 0 Å². The predicted octanol–water partition coefficient (Wildman–Crippen LogP) is 3.30. The highest BCUT2D eigenvalue weighted by Crippen LogP contribution is 2.26. The third-order valence-electron chi connectivity index (χ3n) is 2.38. The Morgan fingerprint density at radius 1 is 1.33 bits per heavy atom. The normalized spacial score (nSPS) is 13.9. The predicted molar refractivity (Wildman–Crippen MR) is 71.4 cm³/mol. The van der Waals surface area contributed by atoms with Crippen molar-refractivity contribution >= 4 is 22.6 Å². The van der Waals surface area contributed by atoms with Gasteiger partial charge in [-0.2, -0.15) is 0 Å². The second-order valence-corrected chi connectivity index (χ2v) is 4.95. The van der Waals surface area contributed by atoms with Crippen LogP contribution in [0.2, 0.25) is 0 Å². The van der Waals surface area contributed by atoms with Gasteiger partial charge in [0.25, 0.3) is 0 Å². The number of benzene rings is 1. The van der Waals surface area contributed by atoms with Crippen LogP contribution >= 0.6 is 22.6 Å². The van der Waals surface area contributed by atoms with Gasteiger partial charge in [0, 0.05) is 9.99 Å². The van der Waals surface area contributed by atoms with Crippen molar-refractivity contribution in [1.29, 1.82) is 0 Å². The molecule has 15 heavy (non-hydrogen) atoms. The largest absolute Gasteiger partial charge is 0.385 e. The highest BCUT2D eigenvalue weighted by atomic mass is 127. The summed E-state index contributed by atoms with van der Waals surface area (Å²) in [6.07, 6.45) is 1.41. The van der Waals surface area contributed by atoms with E-state index in [2.05, 4.69) is 34.4 Å². The lowest BCUT2D eigenvalue weighted by molar-refractivity contribution is 0.0493. The monoisotopic (exact) mass is 314 g/mol. The van der Waals surface area contributed by atoms with E-state index in [1.54, 1.807) is 0 Å². The van der Waals surface area contributed by atoms with E-state index in [9.17, 15) is 5.11 Å². The third kappa shape index (κ3) is 3.84. The number of rotatable bonds is 3. The summed E-state index contributed by atoms with van der Waals surface area (Å²) in [5, 5.41) is 10.2. The van der Waals surface area contributed by atoms with Crippen LogP contribution in [0.5, 0.6) is 0 Å². The summed E-state index contributed by atoms with van der Waals surface area (Å²) in [6, 6.07) is 7.97.